The van der Waals surface area contributed by atoms with E-state index in [1.165, 1.54) is 53.6 Å². The van der Waals surface area contributed by atoms with Crippen LogP contribution in [0.1, 0.15) is 105 Å². The molecule has 1 aliphatic heterocycles. The summed E-state index contributed by atoms with van der Waals surface area (Å²) in [6.07, 6.45) is 14.1. The molecule has 3 N–H and O–H groups in total. The lowest BCUT2D eigenvalue weighted by Crippen LogP contribution is -2.47. The SMILES string of the molecule is COc1cc2c(cc1OC)C(CCCCNC1CCC1)(CCCC(CCCNC(=O)CCc1ccc(F)cc1)(c1ccccc1)c1ccccc1)NCC2. The number of aryl methyl sites for hydroxylation is 1. The van der Waals surface area contributed by atoms with Gasteiger partial charge in [-0.1, -0.05) is 92.1 Å². The van der Waals surface area contributed by atoms with Gasteiger partial charge in [0.1, 0.15) is 5.82 Å². The molecule has 1 saturated carbocycles. The summed E-state index contributed by atoms with van der Waals surface area (Å²) < 4.78 is 25.0. The molecule has 1 unspecified atom stereocenters. The highest BCUT2D eigenvalue weighted by Crippen LogP contribution is 2.46. The Bertz CT molecular complexity index is 1710. The number of benzene rings is 4. The maximum absolute atomic E-state index is 13.4. The van der Waals surface area contributed by atoms with Gasteiger partial charge in [0, 0.05) is 36.5 Å². The standard InChI is InChI=1S/C47H60FN3O3/c1-53-43-34-37-26-33-51-47(42(37)35-44(43)54-2,29-9-10-31-49-41-18-11-19-41)30-12-27-46(38-14-5-3-6-15-38,39-16-7-4-8-17-39)28-13-32-50-45(52)25-22-36-20-23-40(48)24-21-36/h3-8,14-17,20-21,23-24,34-35,41,49,51H,9-13,18-19,22,25-33H2,1-2H3,(H,50,52). The molecule has 0 aromatic heterocycles. The number of ether oxygens (including phenoxy) is 2. The number of rotatable bonds is 21. The molecule has 2 aliphatic rings. The summed E-state index contributed by atoms with van der Waals surface area (Å²) in [6.45, 7) is 2.62. The Labute approximate surface area is 322 Å². The van der Waals surface area contributed by atoms with Crippen molar-refractivity contribution in [1.29, 1.82) is 0 Å². The van der Waals surface area contributed by atoms with E-state index in [1.807, 2.05) is 0 Å². The van der Waals surface area contributed by atoms with E-state index in [0.717, 1.165) is 87.9 Å². The summed E-state index contributed by atoms with van der Waals surface area (Å²) in [7, 11) is 3.45. The van der Waals surface area contributed by atoms with Gasteiger partial charge in [-0.2, -0.15) is 0 Å². The number of amides is 1. The van der Waals surface area contributed by atoms with E-state index < -0.39 is 0 Å². The molecule has 0 radical (unpaired) electrons. The molecule has 0 spiro atoms. The minimum Gasteiger partial charge on any atom is -0.493 e. The van der Waals surface area contributed by atoms with Gasteiger partial charge < -0.3 is 25.4 Å². The van der Waals surface area contributed by atoms with Crippen molar-refractivity contribution in [3.63, 3.8) is 0 Å². The van der Waals surface area contributed by atoms with Gasteiger partial charge in [0.2, 0.25) is 5.91 Å². The van der Waals surface area contributed by atoms with Crippen LogP contribution in [0.25, 0.3) is 0 Å². The average molecular weight is 734 g/mol. The molecule has 1 atom stereocenters. The highest BCUT2D eigenvalue weighted by molar-refractivity contribution is 5.76. The minimum atomic E-state index is -0.258. The van der Waals surface area contributed by atoms with Gasteiger partial charge in [0.05, 0.1) is 14.2 Å². The predicted molar refractivity (Wildman–Crippen MR) is 217 cm³/mol. The molecule has 4 aromatic rings. The Morgan fingerprint density at radius 3 is 2.11 bits per heavy atom. The van der Waals surface area contributed by atoms with Gasteiger partial charge in [0.25, 0.3) is 0 Å². The lowest BCUT2D eigenvalue weighted by atomic mass is 9.66. The predicted octanol–water partition coefficient (Wildman–Crippen LogP) is 9.18. The third kappa shape index (κ3) is 9.91. The first-order chi connectivity index (χ1) is 26.4. The van der Waals surface area contributed by atoms with Crippen LogP contribution in [0.5, 0.6) is 11.5 Å². The molecule has 1 amide bonds. The molecule has 0 bridgehead atoms. The zero-order valence-electron chi connectivity index (χ0n) is 32.4. The monoisotopic (exact) mass is 733 g/mol. The molecule has 6 rings (SSSR count). The number of methoxy groups -OCH3 is 2. The van der Waals surface area contributed by atoms with Gasteiger partial charge in [-0.05, 0) is 123 Å². The van der Waals surface area contributed by atoms with E-state index in [1.54, 1.807) is 26.4 Å². The Morgan fingerprint density at radius 1 is 0.815 bits per heavy atom. The van der Waals surface area contributed by atoms with Crippen LogP contribution >= 0.6 is 0 Å². The van der Waals surface area contributed by atoms with Crippen LogP contribution in [0, 0.1) is 5.82 Å². The van der Waals surface area contributed by atoms with Crippen LogP contribution < -0.4 is 25.4 Å². The van der Waals surface area contributed by atoms with Crippen molar-refractivity contribution in [1.82, 2.24) is 16.0 Å². The van der Waals surface area contributed by atoms with E-state index in [2.05, 4.69) is 88.7 Å². The largest absolute Gasteiger partial charge is 0.493 e. The van der Waals surface area contributed by atoms with E-state index in [0.29, 0.717) is 25.4 Å². The smallest absolute Gasteiger partial charge is 0.220 e. The van der Waals surface area contributed by atoms with Crippen molar-refractivity contribution in [2.75, 3.05) is 33.9 Å². The molecule has 288 valence electrons. The fourth-order valence-electron chi connectivity index (χ4n) is 8.84. The number of unbranched alkanes of at least 4 members (excludes halogenated alkanes) is 1. The van der Waals surface area contributed by atoms with Crippen molar-refractivity contribution in [3.8, 4) is 11.5 Å². The molecule has 1 heterocycles. The summed E-state index contributed by atoms with van der Waals surface area (Å²) in [5, 5.41) is 11.0. The van der Waals surface area contributed by atoms with Crippen molar-refractivity contribution >= 4 is 5.91 Å². The average Bonchev–Trinajstić information content (AvgIpc) is 3.19. The molecule has 1 aliphatic carbocycles. The number of carbonyl (C=O) groups is 1. The molecule has 0 saturated heterocycles. The number of halogens is 1. The number of nitrogens with one attached hydrogen (secondary N) is 3. The quantitative estimate of drug-likeness (QED) is 0.0746. The summed E-state index contributed by atoms with van der Waals surface area (Å²) in [4.78, 5) is 12.9. The molecule has 4 aromatic carbocycles. The molecule has 7 heteroatoms. The Hall–Kier alpha value is -4.20. The number of fused-ring (bicyclic) bond motifs is 1. The van der Waals surface area contributed by atoms with Crippen molar-refractivity contribution in [2.45, 2.75) is 107 Å². The maximum Gasteiger partial charge on any atom is 0.220 e. The van der Waals surface area contributed by atoms with Crippen LogP contribution in [0.15, 0.2) is 97.1 Å². The molecule has 54 heavy (non-hydrogen) atoms. The van der Waals surface area contributed by atoms with Crippen LogP contribution in [0.4, 0.5) is 4.39 Å². The van der Waals surface area contributed by atoms with E-state index in [-0.39, 0.29) is 22.7 Å². The number of hydrogen-bond acceptors (Lipinski definition) is 5. The number of carbonyl (C=O) groups excluding carboxylic acids is 1. The van der Waals surface area contributed by atoms with E-state index in [9.17, 15) is 9.18 Å². The summed E-state index contributed by atoms with van der Waals surface area (Å²) in [6, 6.07) is 33.5. The summed E-state index contributed by atoms with van der Waals surface area (Å²) in [5.41, 5.74) is 5.93. The van der Waals surface area contributed by atoms with Crippen molar-refractivity contribution in [2.24, 2.45) is 0 Å². The Kier molecular flexibility index (Phi) is 14.2. The highest BCUT2D eigenvalue weighted by atomic mass is 19.1. The van der Waals surface area contributed by atoms with Crippen LogP contribution in [-0.2, 0) is 28.6 Å². The van der Waals surface area contributed by atoms with Crippen molar-refractivity contribution in [3.05, 3.63) is 131 Å². The Morgan fingerprint density at radius 2 is 1.46 bits per heavy atom. The first kappa shape index (κ1) is 39.5. The molecule has 6 nitrogen and oxygen atoms in total. The molecular weight excluding hydrogens is 674 g/mol. The minimum absolute atomic E-state index is 0.0308. The number of hydrogen-bond donors (Lipinski definition) is 3. The van der Waals surface area contributed by atoms with Crippen molar-refractivity contribution < 1.29 is 18.7 Å². The first-order valence-electron chi connectivity index (χ1n) is 20.3. The van der Waals surface area contributed by atoms with Crippen LogP contribution in [-0.4, -0.2) is 45.8 Å². The second-order valence-corrected chi connectivity index (χ2v) is 15.4. The zero-order valence-corrected chi connectivity index (χ0v) is 32.4. The topological polar surface area (TPSA) is 71.6 Å². The Balaban J connectivity index is 1.20. The third-order valence-electron chi connectivity index (χ3n) is 12.1. The summed E-state index contributed by atoms with van der Waals surface area (Å²) >= 11 is 0. The van der Waals surface area contributed by atoms with E-state index >= 15 is 0 Å². The highest BCUT2D eigenvalue weighted by Gasteiger charge is 2.39. The molecular formula is C47H60FN3O3. The van der Waals surface area contributed by atoms with Gasteiger partial charge in [-0.3, -0.25) is 4.79 Å². The zero-order chi connectivity index (χ0) is 37.6. The first-order valence-corrected chi connectivity index (χ1v) is 20.3. The normalized spacial score (nSPS) is 17.0. The lowest BCUT2D eigenvalue weighted by molar-refractivity contribution is -0.121. The third-order valence-corrected chi connectivity index (χ3v) is 12.1. The second kappa shape index (κ2) is 19.4. The van der Waals surface area contributed by atoms with Gasteiger partial charge in [-0.15, -0.1) is 0 Å². The maximum atomic E-state index is 13.4. The summed E-state index contributed by atoms with van der Waals surface area (Å²) in [5.74, 6) is 1.36. The lowest BCUT2D eigenvalue weighted by Gasteiger charge is -2.43. The second-order valence-electron chi connectivity index (χ2n) is 15.4. The van der Waals surface area contributed by atoms with E-state index in [4.69, 9.17) is 9.47 Å². The fraction of sp³-hybridized carbons (Fsp3) is 0.468. The van der Waals surface area contributed by atoms with Gasteiger partial charge >= 0.3 is 0 Å². The van der Waals surface area contributed by atoms with Gasteiger partial charge in [0.15, 0.2) is 11.5 Å². The van der Waals surface area contributed by atoms with Gasteiger partial charge in [-0.25, -0.2) is 4.39 Å². The van der Waals surface area contributed by atoms with Crippen LogP contribution in [0.2, 0.25) is 0 Å². The molecule has 1 fully saturated rings. The fourth-order valence-corrected chi connectivity index (χ4v) is 8.84. The van der Waals surface area contributed by atoms with Crippen LogP contribution in [0.3, 0.4) is 0 Å².